The summed E-state index contributed by atoms with van der Waals surface area (Å²) in [6.45, 7) is 4.96. The Bertz CT molecular complexity index is 1320. The maximum absolute atomic E-state index is 6.20. The first kappa shape index (κ1) is 22.1. The molecule has 0 amide bonds. The predicted octanol–water partition coefficient (Wildman–Crippen LogP) is 4.81. The lowest BCUT2D eigenvalue weighted by molar-refractivity contribution is 0.221. The minimum absolute atomic E-state index is 0.278. The fourth-order valence-corrected chi connectivity index (χ4v) is 4.80. The summed E-state index contributed by atoms with van der Waals surface area (Å²) in [5.41, 5.74) is 10.9. The highest BCUT2D eigenvalue weighted by molar-refractivity contribution is 5.82. The third kappa shape index (κ3) is 4.51. The topological polar surface area (TPSA) is 96.0 Å². The maximum atomic E-state index is 6.20. The van der Waals surface area contributed by atoms with Crippen molar-refractivity contribution in [2.24, 2.45) is 11.8 Å². The number of aryl methyl sites for hydroxylation is 1. The fraction of sp³-hybridized carbons (Fsp3) is 0.333. The molecule has 2 atom stereocenters. The number of anilines is 1. The second-order valence-electron chi connectivity index (χ2n) is 9.04. The number of rotatable bonds is 4. The Labute approximate surface area is 199 Å². The van der Waals surface area contributed by atoms with Crippen LogP contribution in [0.2, 0.25) is 0 Å². The van der Waals surface area contributed by atoms with Crippen LogP contribution >= 0.6 is 0 Å². The van der Waals surface area contributed by atoms with Gasteiger partial charge in [-0.25, -0.2) is 19.9 Å². The number of benzene rings is 2. The molecule has 0 aliphatic carbocycles. The van der Waals surface area contributed by atoms with Crippen LogP contribution in [0.25, 0.3) is 22.0 Å². The second-order valence-corrected chi connectivity index (χ2v) is 9.04. The Morgan fingerprint density at radius 2 is 1.88 bits per heavy atom. The number of fused-ring (bicyclic) bond motifs is 2. The first-order valence-corrected chi connectivity index (χ1v) is 11.6. The summed E-state index contributed by atoms with van der Waals surface area (Å²) in [6.07, 6.45) is 6.32. The van der Waals surface area contributed by atoms with Crippen LogP contribution in [-0.4, -0.2) is 33.7 Å². The van der Waals surface area contributed by atoms with Gasteiger partial charge in [0.1, 0.15) is 17.3 Å². The molecular weight excluding hydrogens is 426 g/mol. The van der Waals surface area contributed by atoms with Crippen LogP contribution in [0.1, 0.15) is 30.4 Å². The van der Waals surface area contributed by atoms with E-state index in [0.29, 0.717) is 18.4 Å². The van der Waals surface area contributed by atoms with Gasteiger partial charge in [-0.2, -0.15) is 0 Å². The summed E-state index contributed by atoms with van der Waals surface area (Å²) in [7, 11) is 1.68. The maximum Gasteiger partial charge on any atom is 0.219 e. The molecule has 2 unspecified atom stereocenters. The van der Waals surface area contributed by atoms with E-state index in [2.05, 4.69) is 46.1 Å². The molecule has 0 saturated heterocycles. The fourth-order valence-electron chi connectivity index (χ4n) is 4.80. The summed E-state index contributed by atoms with van der Waals surface area (Å²) in [5, 5.41) is 1.09. The Morgan fingerprint density at radius 3 is 2.68 bits per heavy atom. The molecule has 0 fully saturated rings. The smallest absolute Gasteiger partial charge is 0.219 e. The number of hydrogen-bond donors (Lipinski definition) is 1. The average Bonchev–Trinajstić information content (AvgIpc) is 2.83. The van der Waals surface area contributed by atoms with Gasteiger partial charge < -0.3 is 15.2 Å². The largest absolute Gasteiger partial charge is 0.497 e. The van der Waals surface area contributed by atoms with Crippen molar-refractivity contribution in [1.82, 2.24) is 19.9 Å². The first-order valence-electron chi connectivity index (χ1n) is 11.6. The van der Waals surface area contributed by atoms with Gasteiger partial charge in [-0.05, 0) is 73.4 Å². The lowest BCUT2D eigenvalue weighted by Crippen LogP contribution is -2.23. The highest BCUT2D eigenvalue weighted by Crippen LogP contribution is 2.35. The van der Waals surface area contributed by atoms with Gasteiger partial charge >= 0.3 is 0 Å². The zero-order valence-electron chi connectivity index (χ0n) is 19.8. The van der Waals surface area contributed by atoms with E-state index in [9.17, 15) is 0 Å². The highest BCUT2D eigenvalue weighted by atomic mass is 16.5. The van der Waals surface area contributed by atoms with Gasteiger partial charge in [-0.3, -0.25) is 0 Å². The molecular formula is C27H29N5O2. The molecule has 2 aromatic carbocycles. The lowest BCUT2D eigenvalue weighted by Gasteiger charge is -2.28. The van der Waals surface area contributed by atoms with E-state index in [-0.39, 0.29) is 5.95 Å². The van der Waals surface area contributed by atoms with Crippen molar-refractivity contribution in [3.05, 3.63) is 65.9 Å². The molecule has 2 aromatic heterocycles. The van der Waals surface area contributed by atoms with E-state index in [0.717, 1.165) is 64.3 Å². The number of hydrogen-bond acceptors (Lipinski definition) is 7. The quantitative estimate of drug-likeness (QED) is 0.472. The number of nitrogen functional groups attached to an aromatic ring is 1. The van der Waals surface area contributed by atoms with Gasteiger partial charge in [0.05, 0.1) is 24.9 Å². The van der Waals surface area contributed by atoms with Crippen LogP contribution < -0.4 is 15.2 Å². The molecule has 2 N–H and O–H groups in total. The van der Waals surface area contributed by atoms with Gasteiger partial charge in [0.2, 0.25) is 5.95 Å². The number of nitrogens with two attached hydrogens (primary N) is 1. The van der Waals surface area contributed by atoms with Crippen molar-refractivity contribution in [1.29, 1.82) is 0 Å². The van der Waals surface area contributed by atoms with Crippen LogP contribution in [0.5, 0.6) is 11.5 Å². The van der Waals surface area contributed by atoms with E-state index in [1.165, 1.54) is 5.56 Å². The molecule has 4 aromatic rings. The van der Waals surface area contributed by atoms with Crippen LogP contribution in [0.4, 0.5) is 5.95 Å². The molecule has 0 saturated carbocycles. The van der Waals surface area contributed by atoms with Gasteiger partial charge in [0.15, 0.2) is 0 Å². The number of nitrogens with zero attached hydrogens (tertiary/aromatic N) is 4. The molecule has 1 aliphatic heterocycles. The van der Waals surface area contributed by atoms with Crippen molar-refractivity contribution < 1.29 is 9.47 Å². The third-order valence-electron chi connectivity index (χ3n) is 6.71. The molecule has 5 rings (SSSR count). The van der Waals surface area contributed by atoms with Crippen molar-refractivity contribution in [3.8, 4) is 22.6 Å². The van der Waals surface area contributed by atoms with Gasteiger partial charge in [-0.15, -0.1) is 0 Å². The van der Waals surface area contributed by atoms with Crippen molar-refractivity contribution in [2.45, 2.75) is 33.1 Å². The highest BCUT2D eigenvalue weighted by Gasteiger charge is 2.24. The van der Waals surface area contributed by atoms with Crippen LogP contribution in [0, 0.1) is 18.8 Å². The summed E-state index contributed by atoms with van der Waals surface area (Å²) < 4.78 is 11.6. The molecule has 174 valence electrons. The molecule has 0 bridgehead atoms. The SMILES string of the molecule is COc1ccc2c(CC3CCOc4ccc(-c5cnc(N)nc5)cc4CC3C)nc(C)nc2c1. The summed E-state index contributed by atoms with van der Waals surface area (Å²) in [6, 6.07) is 12.3. The Morgan fingerprint density at radius 1 is 1.06 bits per heavy atom. The van der Waals surface area contributed by atoms with Crippen LogP contribution in [0.15, 0.2) is 48.8 Å². The van der Waals surface area contributed by atoms with E-state index < -0.39 is 0 Å². The molecule has 0 radical (unpaired) electrons. The van der Waals surface area contributed by atoms with Crippen molar-refractivity contribution in [3.63, 3.8) is 0 Å². The average molecular weight is 456 g/mol. The summed E-state index contributed by atoms with van der Waals surface area (Å²) >= 11 is 0. The zero-order chi connectivity index (χ0) is 23.7. The monoisotopic (exact) mass is 455 g/mol. The molecule has 7 heteroatoms. The molecule has 0 spiro atoms. The van der Waals surface area contributed by atoms with Crippen LogP contribution in [-0.2, 0) is 12.8 Å². The minimum Gasteiger partial charge on any atom is -0.497 e. The lowest BCUT2D eigenvalue weighted by atomic mass is 9.81. The van der Waals surface area contributed by atoms with E-state index in [1.54, 1.807) is 19.5 Å². The Balaban J connectivity index is 1.42. The molecule has 3 heterocycles. The van der Waals surface area contributed by atoms with E-state index in [1.807, 2.05) is 19.1 Å². The van der Waals surface area contributed by atoms with Crippen molar-refractivity contribution in [2.75, 3.05) is 19.5 Å². The van der Waals surface area contributed by atoms with Crippen molar-refractivity contribution >= 4 is 16.9 Å². The van der Waals surface area contributed by atoms with Gasteiger partial charge in [0, 0.05) is 29.4 Å². The standard InChI is InChI=1S/C27H29N5O2/c1-16-10-20-11-19(21-14-29-27(28)30-15-21)4-7-26(20)34-9-8-18(16)12-24-23-6-5-22(33-3)13-25(23)32-17(2)31-24/h4-7,11,13-16,18H,8-10,12H2,1-3H3,(H2,28,29,30). The van der Waals surface area contributed by atoms with E-state index >= 15 is 0 Å². The Kier molecular flexibility index (Phi) is 6.01. The minimum atomic E-state index is 0.278. The van der Waals surface area contributed by atoms with Gasteiger partial charge in [0.25, 0.3) is 0 Å². The third-order valence-corrected chi connectivity index (χ3v) is 6.71. The second kappa shape index (κ2) is 9.25. The number of aromatic nitrogens is 4. The summed E-state index contributed by atoms with van der Waals surface area (Å²) in [5.74, 6) is 3.73. The number of methoxy groups -OCH3 is 1. The predicted molar refractivity (Wildman–Crippen MR) is 133 cm³/mol. The normalized spacial score (nSPS) is 18.0. The molecule has 1 aliphatic rings. The van der Waals surface area contributed by atoms with Gasteiger partial charge in [-0.1, -0.05) is 13.0 Å². The Hall–Kier alpha value is -3.74. The molecule has 34 heavy (non-hydrogen) atoms. The zero-order valence-corrected chi connectivity index (χ0v) is 19.8. The first-order chi connectivity index (χ1) is 16.5. The van der Waals surface area contributed by atoms with E-state index in [4.69, 9.17) is 20.2 Å². The number of ether oxygens (including phenoxy) is 2. The van der Waals surface area contributed by atoms with Crippen LogP contribution in [0.3, 0.4) is 0 Å². The summed E-state index contributed by atoms with van der Waals surface area (Å²) in [4.78, 5) is 17.7. The molecule has 7 nitrogen and oxygen atoms in total.